The summed E-state index contributed by atoms with van der Waals surface area (Å²) in [7, 11) is 3.31. The van der Waals surface area contributed by atoms with E-state index in [0.717, 1.165) is 4.88 Å². The van der Waals surface area contributed by atoms with Gasteiger partial charge in [-0.3, -0.25) is 9.59 Å². The molecule has 0 spiro atoms. The molecule has 0 radical (unpaired) electrons. The van der Waals surface area contributed by atoms with Crippen LogP contribution in [0.2, 0.25) is 0 Å². The number of ether oxygens (including phenoxy) is 1. The lowest BCUT2D eigenvalue weighted by Gasteiger charge is -2.39. The first-order chi connectivity index (χ1) is 12.0. The van der Waals surface area contributed by atoms with Crippen molar-refractivity contribution in [3.05, 3.63) is 58.0 Å². The molecule has 5 nitrogen and oxygen atoms in total. The minimum Gasteiger partial charge on any atom is -0.356 e. The van der Waals surface area contributed by atoms with Gasteiger partial charge < -0.3 is 14.5 Å². The number of rotatable bonds is 4. The fraction of sp³-hybridized carbons (Fsp3) is 0.333. The summed E-state index contributed by atoms with van der Waals surface area (Å²) in [5.41, 5.74) is 0.540. The van der Waals surface area contributed by atoms with Crippen molar-refractivity contribution in [1.29, 1.82) is 0 Å². The van der Waals surface area contributed by atoms with Crippen LogP contribution < -0.4 is 0 Å². The van der Waals surface area contributed by atoms with Crippen molar-refractivity contribution in [2.24, 2.45) is 0 Å². The molecule has 1 aromatic carbocycles. The first kappa shape index (κ1) is 17.6. The summed E-state index contributed by atoms with van der Waals surface area (Å²) in [4.78, 5) is 29.0. The molecule has 0 N–H and O–H groups in total. The topological polar surface area (TPSA) is 49.9 Å². The lowest BCUT2D eigenvalue weighted by Crippen LogP contribution is -2.53. The molecule has 1 aliphatic rings. The van der Waals surface area contributed by atoms with Crippen molar-refractivity contribution < 1.29 is 18.7 Å². The zero-order valence-electron chi connectivity index (χ0n) is 14.0. The van der Waals surface area contributed by atoms with Crippen molar-refractivity contribution in [3.8, 4) is 0 Å². The summed E-state index contributed by atoms with van der Waals surface area (Å²) in [6.45, 7) is 0.301. The highest BCUT2D eigenvalue weighted by atomic mass is 32.1. The Balaban J connectivity index is 1.86. The second-order valence-corrected chi connectivity index (χ2v) is 7.04. The number of halogens is 1. The van der Waals surface area contributed by atoms with E-state index in [1.54, 1.807) is 42.5 Å². The summed E-state index contributed by atoms with van der Waals surface area (Å²) in [5.74, 6) is -0.886. The maximum atomic E-state index is 13.6. The minimum absolute atomic E-state index is 0.161. The molecule has 25 heavy (non-hydrogen) atoms. The van der Waals surface area contributed by atoms with E-state index in [4.69, 9.17) is 4.74 Å². The first-order valence-corrected chi connectivity index (χ1v) is 8.75. The van der Waals surface area contributed by atoms with E-state index < -0.39 is 18.0 Å². The van der Waals surface area contributed by atoms with Crippen molar-refractivity contribution >= 4 is 23.2 Å². The molecule has 0 bridgehead atoms. The molecule has 2 aromatic rings. The van der Waals surface area contributed by atoms with Crippen LogP contribution in [-0.2, 0) is 20.9 Å². The van der Waals surface area contributed by atoms with E-state index in [-0.39, 0.29) is 18.4 Å². The number of likely N-dealkylation sites (N-methyl/N-ethyl adjacent to an activating group) is 2. The highest BCUT2D eigenvalue weighted by Gasteiger charge is 2.41. The van der Waals surface area contributed by atoms with E-state index in [9.17, 15) is 14.0 Å². The number of carbonyl (C=O) groups excluding carboxylic acids is 2. The molecule has 0 aliphatic carbocycles. The number of carbonyl (C=O) groups is 2. The van der Waals surface area contributed by atoms with Crippen LogP contribution in [0, 0.1) is 5.82 Å². The second-order valence-electron chi connectivity index (χ2n) is 6.01. The highest BCUT2D eigenvalue weighted by molar-refractivity contribution is 7.09. The van der Waals surface area contributed by atoms with E-state index in [1.807, 2.05) is 17.5 Å². The molecule has 2 heterocycles. The average molecular weight is 362 g/mol. The van der Waals surface area contributed by atoms with Gasteiger partial charge in [-0.1, -0.05) is 18.2 Å². The number of benzene rings is 1. The van der Waals surface area contributed by atoms with Gasteiger partial charge in [0.15, 0.2) is 6.10 Å². The molecule has 1 fully saturated rings. The highest BCUT2D eigenvalue weighted by Crippen LogP contribution is 2.30. The van der Waals surface area contributed by atoms with Gasteiger partial charge in [-0.25, -0.2) is 4.39 Å². The van der Waals surface area contributed by atoms with Gasteiger partial charge in [0.2, 0.25) is 5.91 Å². The van der Waals surface area contributed by atoms with Gasteiger partial charge in [-0.05, 0) is 29.1 Å². The maximum Gasteiger partial charge on any atom is 0.254 e. The monoisotopic (exact) mass is 362 g/mol. The minimum atomic E-state index is -0.866. The van der Waals surface area contributed by atoms with Crippen LogP contribution >= 0.6 is 11.3 Å². The van der Waals surface area contributed by atoms with E-state index >= 15 is 0 Å². The zero-order valence-corrected chi connectivity index (χ0v) is 14.8. The predicted octanol–water partition coefficient (Wildman–Crippen LogP) is 2.44. The summed E-state index contributed by atoms with van der Waals surface area (Å²) in [5, 5.41) is 1.95. The summed E-state index contributed by atoms with van der Waals surface area (Å²) >= 11 is 1.57. The molecule has 3 rings (SSSR count). The molecular weight excluding hydrogens is 343 g/mol. The maximum absolute atomic E-state index is 13.6. The number of morpholine rings is 1. The van der Waals surface area contributed by atoms with Gasteiger partial charge in [0.05, 0.1) is 12.6 Å². The molecule has 1 aliphatic heterocycles. The van der Waals surface area contributed by atoms with Crippen LogP contribution in [0.15, 0.2) is 41.8 Å². The quantitative estimate of drug-likeness (QED) is 0.839. The Kier molecular flexibility index (Phi) is 5.15. The van der Waals surface area contributed by atoms with Crippen molar-refractivity contribution in [3.63, 3.8) is 0 Å². The van der Waals surface area contributed by atoms with Crippen LogP contribution in [0.3, 0.4) is 0 Å². The zero-order chi connectivity index (χ0) is 18.0. The van der Waals surface area contributed by atoms with Crippen LogP contribution in [0.5, 0.6) is 0 Å². The Hall–Kier alpha value is -2.25. The van der Waals surface area contributed by atoms with Crippen LogP contribution in [0.1, 0.15) is 16.5 Å². The van der Waals surface area contributed by atoms with Gasteiger partial charge in [0.25, 0.3) is 5.91 Å². The van der Waals surface area contributed by atoms with E-state index in [1.165, 1.54) is 17.0 Å². The molecule has 0 saturated carbocycles. The standard InChI is InChI=1S/C18H19FN2O3S/c1-20(10-14-7-4-8-25-14)18(23)17-16(21(2)15(22)11-24-17)12-5-3-6-13(19)9-12/h3-9,16-17H,10-11H2,1-2H3/t16-,17+/m0/s1. The third-order valence-corrected chi connectivity index (χ3v) is 5.13. The molecule has 2 amide bonds. The van der Waals surface area contributed by atoms with E-state index in [2.05, 4.69) is 0 Å². The average Bonchev–Trinajstić information content (AvgIpc) is 3.09. The number of thiophene rings is 1. The number of hydrogen-bond donors (Lipinski definition) is 0. The summed E-state index contributed by atoms with van der Waals surface area (Å²) in [6, 6.07) is 9.15. The van der Waals surface area contributed by atoms with Crippen LogP contribution in [0.4, 0.5) is 4.39 Å². The van der Waals surface area contributed by atoms with Gasteiger partial charge in [-0.15, -0.1) is 11.3 Å². The molecular formula is C18H19FN2O3S. The van der Waals surface area contributed by atoms with Gasteiger partial charge in [0.1, 0.15) is 12.4 Å². The number of hydrogen-bond acceptors (Lipinski definition) is 4. The lowest BCUT2D eigenvalue weighted by atomic mass is 9.97. The van der Waals surface area contributed by atoms with Gasteiger partial charge in [-0.2, -0.15) is 0 Å². The van der Waals surface area contributed by atoms with Gasteiger partial charge in [0, 0.05) is 19.0 Å². The number of amides is 2. The molecule has 2 atom stereocenters. The number of nitrogens with zero attached hydrogens (tertiary/aromatic N) is 2. The molecule has 1 aromatic heterocycles. The van der Waals surface area contributed by atoms with Crippen molar-refractivity contribution in [2.45, 2.75) is 18.7 Å². The smallest absolute Gasteiger partial charge is 0.254 e. The molecule has 0 unspecified atom stereocenters. The van der Waals surface area contributed by atoms with Crippen molar-refractivity contribution in [2.75, 3.05) is 20.7 Å². The summed E-state index contributed by atoms with van der Waals surface area (Å²) < 4.78 is 19.2. The fourth-order valence-electron chi connectivity index (χ4n) is 2.94. The first-order valence-electron chi connectivity index (χ1n) is 7.87. The third-order valence-electron chi connectivity index (χ3n) is 4.27. The Morgan fingerprint density at radius 3 is 2.88 bits per heavy atom. The molecule has 1 saturated heterocycles. The van der Waals surface area contributed by atoms with Crippen LogP contribution in [-0.4, -0.2) is 48.4 Å². The van der Waals surface area contributed by atoms with Gasteiger partial charge >= 0.3 is 0 Å². The second kappa shape index (κ2) is 7.33. The largest absolute Gasteiger partial charge is 0.356 e. The molecule has 132 valence electrons. The SMILES string of the molecule is CN(Cc1cccs1)C(=O)[C@@H]1OCC(=O)N(C)[C@H]1c1cccc(F)c1. The Labute approximate surface area is 149 Å². The normalized spacial score (nSPS) is 20.6. The van der Waals surface area contributed by atoms with Crippen molar-refractivity contribution in [1.82, 2.24) is 9.80 Å². The Morgan fingerprint density at radius 2 is 2.20 bits per heavy atom. The Bertz CT molecular complexity index is 765. The lowest BCUT2D eigenvalue weighted by molar-refractivity contribution is -0.167. The third kappa shape index (κ3) is 3.72. The predicted molar refractivity (Wildman–Crippen MR) is 92.4 cm³/mol. The fourth-order valence-corrected chi connectivity index (χ4v) is 3.70. The van der Waals surface area contributed by atoms with E-state index in [0.29, 0.717) is 12.1 Å². The van der Waals surface area contributed by atoms with Crippen LogP contribution in [0.25, 0.3) is 0 Å². The Morgan fingerprint density at radius 1 is 1.40 bits per heavy atom. The summed E-state index contributed by atoms with van der Waals surface area (Å²) in [6.07, 6.45) is -0.866. The molecule has 7 heteroatoms.